The van der Waals surface area contributed by atoms with Gasteiger partial charge in [0.2, 0.25) is 0 Å². The van der Waals surface area contributed by atoms with Gasteiger partial charge in [-0.2, -0.15) is 5.26 Å². The number of fused-ring (bicyclic) bond motifs is 1. The van der Waals surface area contributed by atoms with Crippen molar-refractivity contribution in [3.63, 3.8) is 0 Å². The molecule has 2 nitrogen and oxygen atoms in total. The summed E-state index contributed by atoms with van der Waals surface area (Å²) in [6, 6.07) is 12.9. The fourth-order valence-electron chi connectivity index (χ4n) is 1.39. The van der Waals surface area contributed by atoms with Gasteiger partial charge in [-0.1, -0.05) is 30.3 Å². The standard InChI is InChI=1S/C11H7NO/c12-7-10-9-5-3-1-2-4-8(9)6-11(10)13/h1-6,13H. The number of nitriles is 1. The van der Waals surface area contributed by atoms with Crippen LogP contribution in [0.5, 0.6) is 5.75 Å². The minimum absolute atomic E-state index is 0.0590. The van der Waals surface area contributed by atoms with Crippen LogP contribution in [0, 0.1) is 11.3 Å². The van der Waals surface area contributed by atoms with E-state index in [1.165, 1.54) is 0 Å². The molecule has 13 heavy (non-hydrogen) atoms. The van der Waals surface area contributed by atoms with Crippen LogP contribution < -0.4 is 0 Å². The van der Waals surface area contributed by atoms with E-state index in [2.05, 4.69) is 0 Å². The van der Waals surface area contributed by atoms with E-state index in [9.17, 15) is 5.11 Å². The topological polar surface area (TPSA) is 44.0 Å². The van der Waals surface area contributed by atoms with Crippen LogP contribution in [0.1, 0.15) is 5.56 Å². The molecule has 0 fully saturated rings. The zero-order valence-electron chi connectivity index (χ0n) is 6.86. The minimum Gasteiger partial charge on any atom is -0.507 e. The first-order chi connectivity index (χ1) is 6.33. The number of hydrogen-bond acceptors (Lipinski definition) is 2. The molecule has 0 aromatic rings. The Morgan fingerprint density at radius 3 is 2.69 bits per heavy atom. The summed E-state index contributed by atoms with van der Waals surface area (Å²) >= 11 is 0. The summed E-state index contributed by atoms with van der Waals surface area (Å²) in [6.45, 7) is 0. The van der Waals surface area contributed by atoms with Crippen molar-refractivity contribution in [3.8, 4) is 22.9 Å². The van der Waals surface area contributed by atoms with E-state index in [0.717, 1.165) is 11.1 Å². The Balaban J connectivity index is 2.81. The van der Waals surface area contributed by atoms with Crippen molar-refractivity contribution in [1.29, 1.82) is 5.26 Å². The maximum Gasteiger partial charge on any atom is 0.134 e. The molecule has 0 aliphatic heterocycles. The average molecular weight is 169 g/mol. The highest BCUT2D eigenvalue weighted by molar-refractivity contribution is 5.78. The summed E-state index contributed by atoms with van der Waals surface area (Å²) in [5, 5.41) is 18.2. The second-order valence-electron chi connectivity index (χ2n) is 2.80. The first kappa shape index (κ1) is 7.63. The van der Waals surface area contributed by atoms with E-state index in [-0.39, 0.29) is 5.75 Å². The lowest BCUT2D eigenvalue weighted by Gasteiger charge is -1.89. The Kier molecular flexibility index (Phi) is 1.64. The first-order valence-electron chi connectivity index (χ1n) is 3.94. The number of nitrogens with zero attached hydrogens (tertiary/aromatic N) is 1. The molecular weight excluding hydrogens is 162 g/mol. The van der Waals surface area contributed by atoms with Crippen LogP contribution >= 0.6 is 0 Å². The fraction of sp³-hybridized carbons (Fsp3) is 0. The average Bonchev–Trinajstić information content (AvgIpc) is 2.32. The summed E-state index contributed by atoms with van der Waals surface area (Å²) in [5.74, 6) is 0.0590. The van der Waals surface area contributed by atoms with Gasteiger partial charge in [0.05, 0.1) is 0 Å². The molecule has 62 valence electrons. The van der Waals surface area contributed by atoms with Gasteiger partial charge in [0, 0.05) is 5.56 Å². The van der Waals surface area contributed by atoms with Crippen molar-refractivity contribution in [2.24, 2.45) is 0 Å². The van der Waals surface area contributed by atoms with Crippen molar-refractivity contribution >= 4 is 0 Å². The molecule has 0 bridgehead atoms. The smallest absolute Gasteiger partial charge is 0.134 e. The minimum atomic E-state index is 0.0590. The van der Waals surface area contributed by atoms with Crippen molar-refractivity contribution in [2.45, 2.75) is 0 Å². The number of aromatic hydroxyl groups is 1. The lowest BCUT2D eigenvalue weighted by atomic mass is 10.1. The monoisotopic (exact) mass is 169 g/mol. The van der Waals surface area contributed by atoms with Gasteiger partial charge in [0.15, 0.2) is 0 Å². The van der Waals surface area contributed by atoms with Gasteiger partial charge in [0.1, 0.15) is 17.4 Å². The van der Waals surface area contributed by atoms with Crippen LogP contribution in [0.2, 0.25) is 0 Å². The normalized spacial score (nSPS) is 9.77. The van der Waals surface area contributed by atoms with Crippen LogP contribution in [0.15, 0.2) is 36.4 Å². The van der Waals surface area contributed by atoms with Gasteiger partial charge >= 0.3 is 0 Å². The van der Waals surface area contributed by atoms with Crippen molar-refractivity contribution in [3.05, 3.63) is 42.0 Å². The molecule has 2 heteroatoms. The van der Waals surface area contributed by atoms with Gasteiger partial charge in [-0.05, 0) is 11.6 Å². The molecule has 0 saturated heterocycles. The largest absolute Gasteiger partial charge is 0.507 e. The molecule has 2 aliphatic rings. The second kappa shape index (κ2) is 2.80. The van der Waals surface area contributed by atoms with Gasteiger partial charge in [0.25, 0.3) is 0 Å². The second-order valence-corrected chi connectivity index (χ2v) is 2.80. The van der Waals surface area contributed by atoms with Gasteiger partial charge in [-0.15, -0.1) is 0 Å². The van der Waals surface area contributed by atoms with E-state index in [1.807, 2.05) is 36.4 Å². The zero-order valence-corrected chi connectivity index (χ0v) is 6.86. The van der Waals surface area contributed by atoms with E-state index >= 15 is 0 Å². The van der Waals surface area contributed by atoms with E-state index in [1.54, 1.807) is 6.07 Å². The van der Waals surface area contributed by atoms with Crippen molar-refractivity contribution in [1.82, 2.24) is 0 Å². The maximum absolute atomic E-state index is 9.39. The Morgan fingerprint density at radius 2 is 1.92 bits per heavy atom. The Labute approximate surface area is 76.0 Å². The molecule has 2 aliphatic carbocycles. The molecule has 0 spiro atoms. The Morgan fingerprint density at radius 1 is 1.15 bits per heavy atom. The molecular formula is C11H7NO. The SMILES string of the molecule is N#Cc1c(O)cc2cccccc1-2. The maximum atomic E-state index is 9.39. The third-order valence-electron chi connectivity index (χ3n) is 2.00. The van der Waals surface area contributed by atoms with E-state index in [0.29, 0.717) is 5.56 Å². The van der Waals surface area contributed by atoms with Crippen LogP contribution in [-0.2, 0) is 0 Å². The zero-order chi connectivity index (χ0) is 9.26. The van der Waals surface area contributed by atoms with Crippen molar-refractivity contribution < 1.29 is 5.11 Å². The van der Waals surface area contributed by atoms with E-state index < -0.39 is 0 Å². The summed E-state index contributed by atoms with van der Waals surface area (Å²) in [5.41, 5.74) is 2.04. The molecule has 0 radical (unpaired) electrons. The number of hydrogen-bond donors (Lipinski definition) is 1. The Hall–Kier alpha value is -2.01. The highest BCUT2D eigenvalue weighted by Gasteiger charge is 2.12. The summed E-state index contributed by atoms with van der Waals surface area (Å²) in [7, 11) is 0. The Bertz CT molecular complexity index is 456. The highest BCUT2D eigenvalue weighted by Crippen LogP contribution is 2.34. The molecule has 0 saturated carbocycles. The van der Waals surface area contributed by atoms with Gasteiger partial charge in [-0.3, -0.25) is 0 Å². The first-order valence-corrected chi connectivity index (χ1v) is 3.94. The summed E-state index contributed by atoms with van der Waals surface area (Å²) < 4.78 is 0. The molecule has 0 aromatic heterocycles. The third-order valence-corrected chi connectivity index (χ3v) is 2.00. The predicted molar refractivity (Wildman–Crippen MR) is 49.4 cm³/mol. The molecule has 1 N–H and O–H groups in total. The quantitative estimate of drug-likeness (QED) is 0.657. The molecule has 0 heterocycles. The van der Waals surface area contributed by atoms with Crippen LogP contribution in [0.3, 0.4) is 0 Å². The number of rotatable bonds is 0. The van der Waals surface area contributed by atoms with E-state index in [4.69, 9.17) is 5.26 Å². The van der Waals surface area contributed by atoms with Crippen LogP contribution in [0.4, 0.5) is 0 Å². The highest BCUT2D eigenvalue weighted by atomic mass is 16.3. The molecule has 0 aromatic carbocycles. The summed E-state index contributed by atoms with van der Waals surface area (Å²) in [6.07, 6.45) is 0. The predicted octanol–water partition coefficient (Wildman–Crippen LogP) is 2.37. The van der Waals surface area contributed by atoms with Crippen LogP contribution in [-0.4, -0.2) is 5.11 Å². The lowest BCUT2D eigenvalue weighted by molar-refractivity contribution is 0.476. The van der Waals surface area contributed by atoms with Gasteiger partial charge in [-0.25, -0.2) is 0 Å². The molecule has 0 amide bonds. The fourth-order valence-corrected chi connectivity index (χ4v) is 1.39. The molecule has 2 rings (SSSR count). The van der Waals surface area contributed by atoms with Crippen molar-refractivity contribution in [2.75, 3.05) is 0 Å². The van der Waals surface area contributed by atoms with Crippen LogP contribution in [0.25, 0.3) is 11.1 Å². The molecule has 0 atom stereocenters. The molecule has 0 unspecified atom stereocenters. The summed E-state index contributed by atoms with van der Waals surface area (Å²) in [4.78, 5) is 0. The van der Waals surface area contributed by atoms with Gasteiger partial charge < -0.3 is 5.11 Å². The third kappa shape index (κ3) is 1.11. The lowest BCUT2D eigenvalue weighted by Crippen LogP contribution is -1.71.